The largest absolute Gasteiger partial charge is 0.383 e. The van der Waals surface area contributed by atoms with Crippen LogP contribution in [0.5, 0.6) is 0 Å². The Morgan fingerprint density at radius 1 is 1.69 bits per heavy atom. The summed E-state index contributed by atoms with van der Waals surface area (Å²) in [7, 11) is 1.67. The van der Waals surface area contributed by atoms with Gasteiger partial charge in [-0.05, 0) is 12.2 Å². The van der Waals surface area contributed by atoms with Gasteiger partial charge in [-0.15, -0.1) is 0 Å². The highest BCUT2D eigenvalue weighted by atomic mass is 32.2. The molecule has 1 fully saturated rings. The van der Waals surface area contributed by atoms with Crippen LogP contribution in [-0.2, 0) is 9.53 Å². The van der Waals surface area contributed by atoms with E-state index in [1.54, 1.807) is 7.11 Å². The zero-order chi connectivity index (χ0) is 12.0. The molecule has 2 N–H and O–H groups in total. The summed E-state index contributed by atoms with van der Waals surface area (Å²) in [6, 6.07) is 0.377. The molecule has 0 aromatic heterocycles. The zero-order valence-corrected chi connectivity index (χ0v) is 11.0. The fraction of sp³-hybridized carbons (Fsp3) is 0.909. The van der Waals surface area contributed by atoms with Gasteiger partial charge in [0.2, 0.25) is 5.91 Å². The average Bonchev–Trinajstić information content (AvgIpc) is 2.82. The van der Waals surface area contributed by atoms with Crippen molar-refractivity contribution in [2.24, 2.45) is 11.7 Å². The first kappa shape index (κ1) is 13.8. The molecule has 1 heterocycles. The molecule has 0 bridgehead atoms. The van der Waals surface area contributed by atoms with Crippen LogP contribution in [0.15, 0.2) is 0 Å². The molecule has 1 amide bonds. The molecule has 16 heavy (non-hydrogen) atoms. The molecule has 0 saturated carbocycles. The lowest BCUT2D eigenvalue weighted by molar-refractivity contribution is -0.137. The number of amides is 1. The van der Waals surface area contributed by atoms with Crippen LogP contribution in [0, 0.1) is 5.92 Å². The minimum Gasteiger partial charge on any atom is -0.383 e. The monoisotopic (exact) mass is 246 g/mol. The number of methoxy groups -OCH3 is 1. The Bertz CT molecular complexity index is 220. The first-order chi connectivity index (χ1) is 7.70. The summed E-state index contributed by atoms with van der Waals surface area (Å²) >= 11 is 1.91. The summed E-state index contributed by atoms with van der Waals surface area (Å²) in [5.74, 6) is 2.29. The Kier molecular flexibility index (Phi) is 6.16. The summed E-state index contributed by atoms with van der Waals surface area (Å²) in [5.41, 5.74) is 5.55. The predicted octanol–water partition coefficient (Wildman–Crippen LogP) is 0.562. The summed E-state index contributed by atoms with van der Waals surface area (Å²) in [4.78, 5) is 14.1. The van der Waals surface area contributed by atoms with E-state index in [0.717, 1.165) is 17.9 Å². The molecule has 5 heteroatoms. The molecule has 0 aliphatic carbocycles. The normalized spacial score (nSPS) is 22.1. The maximum Gasteiger partial charge on any atom is 0.227 e. The Balaban J connectivity index is 2.57. The maximum atomic E-state index is 12.1. The van der Waals surface area contributed by atoms with E-state index in [0.29, 0.717) is 25.7 Å². The summed E-state index contributed by atoms with van der Waals surface area (Å²) in [5, 5.41) is 0. The molecule has 2 unspecified atom stereocenters. The highest BCUT2D eigenvalue weighted by Gasteiger charge is 2.28. The van der Waals surface area contributed by atoms with E-state index >= 15 is 0 Å². The topological polar surface area (TPSA) is 55.6 Å². The molecule has 1 aliphatic rings. The lowest BCUT2D eigenvalue weighted by Gasteiger charge is -2.30. The standard InChI is InChI=1S/C11H22N2O2S/c1-9(7-12)11(14)13(4-5-15-2)10-3-6-16-8-10/h9-10H,3-8,12H2,1-2H3. The zero-order valence-electron chi connectivity index (χ0n) is 10.1. The van der Waals surface area contributed by atoms with E-state index in [2.05, 4.69) is 0 Å². The molecular formula is C11H22N2O2S. The van der Waals surface area contributed by atoms with E-state index in [4.69, 9.17) is 10.5 Å². The number of hydrogen-bond acceptors (Lipinski definition) is 4. The number of ether oxygens (including phenoxy) is 1. The van der Waals surface area contributed by atoms with Gasteiger partial charge in [0, 0.05) is 37.9 Å². The molecule has 0 radical (unpaired) electrons. The van der Waals surface area contributed by atoms with Gasteiger partial charge in [-0.1, -0.05) is 6.92 Å². The number of rotatable bonds is 6. The number of carbonyl (C=O) groups is 1. The highest BCUT2D eigenvalue weighted by Crippen LogP contribution is 2.23. The van der Waals surface area contributed by atoms with Gasteiger partial charge >= 0.3 is 0 Å². The molecule has 4 nitrogen and oxygen atoms in total. The lowest BCUT2D eigenvalue weighted by atomic mass is 10.1. The van der Waals surface area contributed by atoms with Crippen LogP contribution < -0.4 is 5.73 Å². The SMILES string of the molecule is COCCN(C(=O)C(C)CN)C1CCSC1. The van der Waals surface area contributed by atoms with Crippen LogP contribution in [0.3, 0.4) is 0 Å². The molecule has 2 atom stereocenters. The number of nitrogens with two attached hydrogens (primary N) is 1. The van der Waals surface area contributed by atoms with Crippen molar-refractivity contribution in [1.29, 1.82) is 0 Å². The fourth-order valence-electron chi connectivity index (χ4n) is 1.81. The predicted molar refractivity (Wildman–Crippen MR) is 67.5 cm³/mol. The molecular weight excluding hydrogens is 224 g/mol. The van der Waals surface area contributed by atoms with Crippen molar-refractivity contribution in [3.63, 3.8) is 0 Å². The molecule has 1 saturated heterocycles. The third-order valence-electron chi connectivity index (χ3n) is 2.94. The van der Waals surface area contributed by atoms with Crippen LogP contribution in [0.25, 0.3) is 0 Å². The number of hydrogen-bond donors (Lipinski definition) is 1. The minimum absolute atomic E-state index is 0.0811. The Morgan fingerprint density at radius 3 is 2.94 bits per heavy atom. The van der Waals surface area contributed by atoms with Crippen molar-refractivity contribution in [3.8, 4) is 0 Å². The third-order valence-corrected chi connectivity index (χ3v) is 4.09. The van der Waals surface area contributed by atoms with Crippen molar-refractivity contribution in [1.82, 2.24) is 4.90 Å². The Morgan fingerprint density at radius 2 is 2.44 bits per heavy atom. The summed E-state index contributed by atoms with van der Waals surface area (Å²) in [6.45, 7) is 3.60. The van der Waals surface area contributed by atoms with Crippen molar-refractivity contribution >= 4 is 17.7 Å². The maximum absolute atomic E-state index is 12.1. The van der Waals surface area contributed by atoms with Crippen molar-refractivity contribution in [2.75, 3.05) is 38.3 Å². The number of carbonyl (C=O) groups excluding carboxylic acids is 1. The van der Waals surface area contributed by atoms with Gasteiger partial charge in [0.25, 0.3) is 0 Å². The summed E-state index contributed by atoms with van der Waals surface area (Å²) in [6.07, 6.45) is 1.09. The summed E-state index contributed by atoms with van der Waals surface area (Å²) < 4.78 is 5.06. The second kappa shape index (κ2) is 7.14. The lowest BCUT2D eigenvalue weighted by Crippen LogP contribution is -2.46. The molecule has 0 aromatic carbocycles. The van der Waals surface area contributed by atoms with Gasteiger partial charge in [0.1, 0.15) is 0 Å². The van der Waals surface area contributed by atoms with Crippen LogP contribution in [0.2, 0.25) is 0 Å². The van der Waals surface area contributed by atoms with Crippen LogP contribution in [-0.4, -0.2) is 55.2 Å². The highest BCUT2D eigenvalue weighted by molar-refractivity contribution is 7.99. The van der Waals surface area contributed by atoms with E-state index in [9.17, 15) is 4.79 Å². The molecule has 1 aliphatic heterocycles. The first-order valence-corrected chi connectivity index (χ1v) is 6.93. The van der Waals surface area contributed by atoms with Gasteiger partial charge in [0.15, 0.2) is 0 Å². The minimum atomic E-state index is -0.0811. The van der Waals surface area contributed by atoms with Gasteiger partial charge in [0.05, 0.1) is 6.61 Å². The van der Waals surface area contributed by atoms with Gasteiger partial charge in [-0.2, -0.15) is 11.8 Å². The molecule has 0 spiro atoms. The molecule has 1 rings (SSSR count). The van der Waals surface area contributed by atoms with E-state index in [1.807, 2.05) is 23.6 Å². The van der Waals surface area contributed by atoms with E-state index in [1.165, 1.54) is 0 Å². The molecule has 0 aromatic rings. The second-order valence-electron chi connectivity index (χ2n) is 4.18. The fourth-order valence-corrected chi connectivity index (χ4v) is 3.04. The number of nitrogens with zero attached hydrogens (tertiary/aromatic N) is 1. The van der Waals surface area contributed by atoms with E-state index in [-0.39, 0.29) is 11.8 Å². The van der Waals surface area contributed by atoms with Crippen LogP contribution in [0.1, 0.15) is 13.3 Å². The van der Waals surface area contributed by atoms with E-state index < -0.39 is 0 Å². The smallest absolute Gasteiger partial charge is 0.227 e. The van der Waals surface area contributed by atoms with Crippen molar-refractivity contribution in [3.05, 3.63) is 0 Å². The third kappa shape index (κ3) is 3.64. The van der Waals surface area contributed by atoms with Gasteiger partial charge < -0.3 is 15.4 Å². The van der Waals surface area contributed by atoms with Crippen LogP contribution in [0.4, 0.5) is 0 Å². The van der Waals surface area contributed by atoms with Crippen LogP contribution >= 0.6 is 11.8 Å². The second-order valence-corrected chi connectivity index (χ2v) is 5.33. The van der Waals surface area contributed by atoms with Gasteiger partial charge in [-0.25, -0.2) is 0 Å². The van der Waals surface area contributed by atoms with Crippen molar-refractivity contribution < 1.29 is 9.53 Å². The first-order valence-electron chi connectivity index (χ1n) is 5.78. The quantitative estimate of drug-likeness (QED) is 0.744. The Labute approximate surface area is 102 Å². The Hall–Kier alpha value is -0.260. The number of thioether (sulfide) groups is 1. The van der Waals surface area contributed by atoms with Crippen molar-refractivity contribution in [2.45, 2.75) is 19.4 Å². The molecule has 94 valence electrons. The van der Waals surface area contributed by atoms with Gasteiger partial charge in [-0.3, -0.25) is 4.79 Å². The average molecular weight is 246 g/mol.